The van der Waals surface area contributed by atoms with Gasteiger partial charge >= 0.3 is 0 Å². The lowest BCUT2D eigenvalue weighted by Crippen LogP contribution is -2.19. The zero-order valence-electron chi connectivity index (χ0n) is 16.9. The van der Waals surface area contributed by atoms with Crippen LogP contribution >= 0.6 is 27.7 Å². The Kier molecular flexibility index (Phi) is 7.76. The van der Waals surface area contributed by atoms with Crippen molar-refractivity contribution >= 4 is 50.5 Å². The van der Waals surface area contributed by atoms with Gasteiger partial charge in [0.15, 0.2) is 16.7 Å². The molecule has 1 fully saturated rings. The predicted octanol–water partition coefficient (Wildman–Crippen LogP) is 5.87. The van der Waals surface area contributed by atoms with Gasteiger partial charge in [-0.25, -0.2) is 4.99 Å². The standard InChI is InChI=1S/C23H23BrN2O3S/c1-4-11-29-20-14-18(24)16(12-19(20)28-6-3)13-21-22(27)26-23(30-21)25-17-9-7-15(5-2)8-10-17/h4,7-10,12-14H,1,5-6,11H2,2-3H3,(H,25,26,27)/b21-13-. The molecule has 2 aromatic carbocycles. The van der Waals surface area contributed by atoms with Gasteiger partial charge in [-0.05, 0) is 66.6 Å². The molecule has 2 aromatic rings. The molecule has 0 radical (unpaired) electrons. The van der Waals surface area contributed by atoms with Crippen molar-refractivity contribution in [1.82, 2.24) is 5.32 Å². The van der Waals surface area contributed by atoms with Crippen molar-refractivity contribution in [3.8, 4) is 11.5 Å². The van der Waals surface area contributed by atoms with Crippen molar-refractivity contribution in [2.45, 2.75) is 20.3 Å². The van der Waals surface area contributed by atoms with E-state index in [1.807, 2.05) is 49.4 Å². The Morgan fingerprint density at radius 3 is 2.57 bits per heavy atom. The van der Waals surface area contributed by atoms with E-state index in [0.29, 0.717) is 34.8 Å². The SMILES string of the molecule is C=CCOc1cc(Br)c(/C=C2\SC(=Nc3ccc(CC)cc3)NC2=O)cc1OCC. The summed E-state index contributed by atoms with van der Waals surface area (Å²) < 4.78 is 12.2. The number of halogens is 1. The van der Waals surface area contributed by atoms with Gasteiger partial charge in [-0.15, -0.1) is 0 Å². The fraction of sp³-hybridized carbons (Fsp3) is 0.217. The largest absolute Gasteiger partial charge is 0.490 e. The molecule has 3 rings (SSSR count). The number of thioether (sulfide) groups is 1. The van der Waals surface area contributed by atoms with Gasteiger partial charge in [0.25, 0.3) is 5.91 Å². The summed E-state index contributed by atoms with van der Waals surface area (Å²) in [4.78, 5) is 17.5. The molecule has 0 aliphatic carbocycles. The highest BCUT2D eigenvalue weighted by molar-refractivity contribution is 9.10. The number of ether oxygens (including phenoxy) is 2. The number of hydrogen-bond acceptors (Lipinski definition) is 5. The molecule has 1 amide bonds. The molecule has 156 valence electrons. The first-order valence-electron chi connectivity index (χ1n) is 9.62. The fourth-order valence-corrected chi connectivity index (χ4v) is 4.01. The van der Waals surface area contributed by atoms with E-state index in [0.717, 1.165) is 22.1 Å². The van der Waals surface area contributed by atoms with E-state index in [-0.39, 0.29) is 5.91 Å². The molecule has 0 unspecified atom stereocenters. The minimum absolute atomic E-state index is 0.180. The number of amidine groups is 1. The molecular formula is C23H23BrN2O3S. The lowest BCUT2D eigenvalue weighted by Gasteiger charge is -2.13. The van der Waals surface area contributed by atoms with Gasteiger partial charge in [0, 0.05) is 4.47 Å². The van der Waals surface area contributed by atoms with Gasteiger partial charge in [-0.2, -0.15) is 0 Å². The Morgan fingerprint density at radius 1 is 1.17 bits per heavy atom. The molecular weight excluding hydrogens is 464 g/mol. The van der Waals surface area contributed by atoms with Crippen LogP contribution in [-0.2, 0) is 11.2 Å². The maximum atomic E-state index is 12.4. The molecule has 0 atom stereocenters. The number of nitrogens with one attached hydrogen (secondary N) is 1. The minimum atomic E-state index is -0.180. The van der Waals surface area contributed by atoms with Crippen LogP contribution in [0.1, 0.15) is 25.0 Å². The summed E-state index contributed by atoms with van der Waals surface area (Å²) in [6.07, 6.45) is 4.47. The number of amides is 1. The molecule has 30 heavy (non-hydrogen) atoms. The van der Waals surface area contributed by atoms with E-state index in [2.05, 4.69) is 39.7 Å². The van der Waals surface area contributed by atoms with E-state index in [4.69, 9.17) is 9.47 Å². The second kappa shape index (κ2) is 10.5. The molecule has 0 aromatic heterocycles. The Hall–Kier alpha value is -2.51. The first kappa shape index (κ1) is 22.2. The van der Waals surface area contributed by atoms with Crippen LogP contribution in [0.5, 0.6) is 11.5 Å². The quantitative estimate of drug-likeness (QED) is 0.374. The Balaban J connectivity index is 1.85. The van der Waals surface area contributed by atoms with Crippen LogP contribution in [0, 0.1) is 0 Å². The molecule has 0 bridgehead atoms. The number of carbonyl (C=O) groups excluding carboxylic acids is 1. The van der Waals surface area contributed by atoms with Crippen LogP contribution in [0.15, 0.2) is 63.4 Å². The highest BCUT2D eigenvalue weighted by atomic mass is 79.9. The van der Waals surface area contributed by atoms with Crippen molar-refractivity contribution in [2.75, 3.05) is 13.2 Å². The van der Waals surface area contributed by atoms with Gasteiger partial charge in [0.1, 0.15) is 6.61 Å². The Labute approximate surface area is 189 Å². The molecule has 1 N–H and O–H groups in total. The lowest BCUT2D eigenvalue weighted by molar-refractivity contribution is -0.115. The number of aliphatic imine (C=N–C) groups is 1. The summed E-state index contributed by atoms with van der Waals surface area (Å²) in [5.41, 5.74) is 2.87. The molecule has 7 heteroatoms. The smallest absolute Gasteiger partial charge is 0.264 e. The van der Waals surface area contributed by atoms with Gasteiger partial charge in [-0.1, -0.05) is 47.6 Å². The number of carbonyl (C=O) groups is 1. The Bertz CT molecular complexity index is 1000. The average molecular weight is 487 g/mol. The molecule has 0 spiro atoms. The summed E-state index contributed by atoms with van der Waals surface area (Å²) in [6.45, 7) is 8.57. The van der Waals surface area contributed by atoms with Gasteiger partial charge in [0.05, 0.1) is 17.2 Å². The van der Waals surface area contributed by atoms with Crippen molar-refractivity contribution in [2.24, 2.45) is 4.99 Å². The third-order valence-corrected chi connectivity index (χ3v) is 5.83. The van der Waals surface area contributed by atoms with Crippen LogP contribution in [0.2, 0.25) is 0 Å². The predicted molar refractivity (Wildman–Crippen MR) is 128 cm³/mol. The second-order valence-electron chi connectivity index (χ2n) is 6.35. The first-order chi connectivity index (χ1) is 14.5. The monoisotopic (exact) mass is 486 g/mol. The summed E-state index contributed by atoms with van der Waals surface area (Å²) in [7, 11) is 0. The van der Waals surface area contributed by atoms with Crippen molar-refractivity contribution < 1.29 is 14.3 Å². The fourth-order valence-electron chi connectivity index (χ4n) is 2.74. The van der Waals surface area contributed by atoms with Gasteiger partial charge in [0.2, 0.25) is 0 Å². The number of nitrogens with zero attached hydrogens (tertiary/aromatic N) is 1. The normalized spacial score (nSPS) is 16.0. The topological polar surface area (TPSA) is 59.9 Å². The average Bonchev–Trinajstić information content (AvgIpc) is 3.08. The Morgan fingerprint density at radius 2 is 1.90 bits per heavy atom. The summed E-state index contributed by atoms with van der Waals surface area (Å²) >= 11 is 4.87. The molecule has 0 saturated carbocycles. The second-order valence-corrected chi connectivity index (χ2v) is 8.24. The molecule has 1 heterocycles. The van der Waals surface area contributed by atoms with E-state index in [1.54, 1.807) is 6.08 Å². The third kappa shape index (κ3) is 5.55. The highest BCUT2D eigenvalue weighted by Crippen LogP contribution is 2.37. The zero-order valence-corrected chi connectivity index (χ0v) is 19.3. The highest BCUT2D eigenvalue weighted by Gasteiger charge is 2.24. The van der Waals surface area contributed by atoms with Crippen LogP contribution < -0.4 is 14.8 Å². The van der Waals surface area contributed by atoms with Crippen molar-refractivity contribution in [3.05, 3.63) is 69.6 Å². The first-order valence-corrected chi connectivity index (χ1v) is 11.2. The third-order valence-electron chi connectivity index (χ3n) is 4.23. The van der Waals surface area contributed by atoms with Crippen LogP contribution in [-0.4, -0.2) is 24.3 Å². The zero-order chi connectivity index (χ0) is 21.5. The van der Waals surface area contributed by atoms with E-state index in [1.165, 1.54) is 17.3 Å². The summed E-state index contributed by atoms with van der Waals surface area (Å²) in [6, 6.07) is 11.7. The van der Waals surface area contributed by atoms with E-state index < -0.39 is 0 Å². The van der Waals surface area contributed by atoms with Gasteiger partial charge < -0.3 is 14.8 Å². The molecule has 1 saturated heterocycles. The van der Waals surface area contributed by atoms with E-state index in [9.17, 15) is 4.79 Å². The maximum Gasteiger partial charge on any atom is 0.264 e. The number of aryl methyl sites for hydroxylation is 1. The maximum absolute atomic E-state index is 12.4. The molecule has 1 aliphatic rings. The van der Waals surface area contributed by atoms with Crippen LogP contribution in [0.25, 0.3) is 6.08 Å². The van der Waals surface area contributed by atoms with Crippen molar-refractivity contribution in [1.29, 1.82) is 0 Å². The number of hydrogen-bond donors (Lipinski definition) is 1. The minimum Gasteiger partial charge on any atom is -0.490 e. The lowest BCUT2D eigenvalue weighted by atomic mass is 10.2. The van der Waals surface area contributed by atoms with Crippen LogP contribution in [0.3, 0.4) is 0 Å². The summed E-state index contributed by atoms with van der Waals surface area (Å²) in [5.74, 6) is 1.05. The van der Waals surface area contributed by atoms with Crippen molar-refractivity contribution in [3.63, 3.8) is 0 Å². The summed E-state index contributed by atoms with van der Waals surface area (Å²) in [5, 5.41) is 3.38. The van der Waals surface area contributed by atoms with Crippen LogP contribution in [0.4, 0.5) is 5.69 Å². The number of rotatable bonds is 8. The van der Waals surface area contributed by atoms with E-state index >= 15 is 0 Å². The van der Waals surface area contributed by atoms with Gasteiger partial charge in [-0.3, -0.25) is 4.79 Å². The number of benzene rings is 2. The molecule has 5 nitrogen and oxygen atoms in total. The molecule has 1 aliphatic heterocycles.